The molecule has 1 aromatic carbocycles. The smallest absolute Gasteiger partial charge is 0.0369 e. The number of benzene rings is 1. The van der Waals surface area contributed by atoms with Crippen LogP contribution in [0.1, 0.15) is 22.0 Å². The van der Waals surface area contributed by atoms with Crippen molar-refractivity contribution >= 4 is 43.2 Å². The SMILES string of the molecule is CNC(Cc1sccc1Br)c1ccc(Br)cc1C. The zero-order valence-corrected chi connectivity index (χ0v) is 14.3. The molecule has 0 amide bonds. The fourth-order valence-corrected chi connectivity index (χ4v) is 4.09. The average Bonchev–Trinajstić information content (AvgIpc) is 2.73. The fraction of sp³-hybridized carbons (Fsp3) is 0.286. The van der Waals surface area contributed by atoms with E-state index in [0.717, 1.165) is 10.9 Å². The quantitative estimate of drug-likeness (QED) is 0.769. The topological polar surface area (TPSA) is 12.0 Å². The zero-order chi connectivity index (χ0) is 13.1. The van der Waals surface area contributed by atoms with Crippen LogP contribution in [0, 0.1) is 6.92 Å². The van der Waals surface area contributed by atoms with Crippen LogP contribution in [0.15, 0.2) is 38.6 Å². The van der Waals surface area contributed by atoms with Crippen LogP contribution in [0.2, 0.25) is 0 Å². The van der Waals surface area contributed by atoms with E-state index in [0.29, 0.717) is 6.04 Å². The van der Waals surface area contributed by atoms with Gasteiger partial charge in [0, 0.05) is 26.3 Å². The molecule has 1 heterocycles. The molecule has 1 atom stereocenters. The van der Waals surface area contributed by atoms with Crippen LogP contribution in [0.5, 0.6) is 0 Å². The molecular formula is C14H15Br2NS. The molecule has 0 fully saturated rings. The number of hydrogen-bond acceptors (Lipinski definition) is 2. The zero-order valence-electron chi connectivity index (χ0n) is 10.3. The Labute approximate surface area is 129 Å². The summed E-state index contributed by atoms with van der Waals surface area (Å²) >= 11 is 8.92. The van der Waals surface area contributed by atoms with Gasteiger partial charge in [0.15, 0.2) is 0 Å². The Morgan fingerprint density at radius 2 is 2.06 bits per heavy atom. The lowest BCUT2D eigenvalue weighted by Crippen LogP contribution is -2.19. The second-order valence-corrected chi connectivity index (χ2v) is 7.01. The largest absolute Gasteiger partial charge is 0.313 e. The summed E-state index contributed by atoms with van der Waals surface area (Å²) in [5, 5.41) is 5.54. The van der Waals surface area contributed by atoms with Crippen LogP contribution >= 0.6 is 43.2 Å². The number of aryl methyl sites for hydroxylation is 1. The first-order valence-electron chi connectivity index (χ1n) is 5.77. The normalized spacial score (nSPS) is 12.7. The number of hydrogen-bond donors (Lipinski definition) is 1. The number of rotatable bonds is 4. The van der Waals surface area contributed by atoms with Gasteiger partial charge in [-0.1, -0.05) is 22.0 Å². The van der Waals surface area contributed by atoms with Crippen molar-refractivity contribution < 1.29 is 0 Å². The summed E-state index contributed by atoms with van der Waals surface area (Å²) in [6.45, 7) is 2.16. The van der Waals surface area contributed by atoms with Crippen LogP contribution in [-0.2, 0) is 6.42 Å². The summed E-state index contributed by atoms with van der Waals surface area (Å²) < 4.78 is 2.35. The molecule has 0 bridgehead atoms. The van der Waals surface area contributed by atoms with Crippen molar-refractivity contribution in [3.8, 4) is 0 Å². The van der Waals surface area contributed by atoms with Crippen LogP contribution < -0.4 is 5.32 Å². The molecule has 1 aromatic heterocycles. The van der Waals surface area contributed by atoms with Crippen molar-refractivity contribution in [2.45, 2.75) is 19.4 Å². The minimum atomic E-state index is 0.355. The molecule has 1 nitrogen and oxygen atoms in total. The van der Waals surface area contributed by atoms with Crippen LogP contribution in [0.3, 0.4) is 0 Å². The lowest BCUT2D eigenvalue weighted by molar-refractivity contribution is 0.592. The van der Waals surface area contributed by atoms with E-state index in [9.17, 15) is 0 Å². The van der Waals surface area contributed by atoms with Gasteiger partial charge < -0.3 is 5.32 Å². The first-order valence-corrected chi connectivity index (χ1v) is 8.23. The van der Waals surface area contributed by atoms with E-state index in [1.54, 1.807) is 11.3 Å². The van der Waals surface area contributed by atoms with E-state index in [2.05, 4.69) is 73.7 Å². The van der Waals surface area contributed by atoms with Gasteiger partial charge in [0.05, 0.1) is 0 Å². The summed E-state index contributed by atoms with van der Waals surface area (Å²) in [4.78, 5) is 1.39. The van der Waals surface area contributed by atoms with Crippen LogP contribution in [-0.4, -0.2) is 7.05 Å². The highest BCUT2D eigenvalue weighted by molar-refractivity contribution is 9.10. The van der Waals surface area contributed by atoms with E-state index in [1.165, 1.54) is 20.5 Å². The minimum Gasteiger partial charge on any atom is -0.313 e. The Morgan fingerprint density at radius 3 is 2.61 bits per heavy atom. The van der Waals surface area contributed by atoms with Gasteiger partial charge in [-0.2, -0.15) is 0 Å². The molecule has 2 rings (SSSR count). The van der Waals surface area contributed by atoms with Crippen molar-refractivity contribution in [1.29, 1.82) is 0 Å². The highest BCUT2D eigenvalue weighted by Gasteiger charge is 2.14. The van der Waals surface area contributed by atoms with Gasteiger partial charge >= 0.3 is 0 Å². The third-order valence-electron chi connectivity index (χ3n) is 3.04. The lowest BCUT2D eigenvalue weighted by atomic mass is 9.98. The Morgan fingerprint density at radius 1 is 1.28 bits per heavy atom. The molecule has 0 aliphatic carbocycles. The number of likely N-dealkylation sites (N-methyl/N-ethyl adjacent to an activating group) is 1. The van der Waals surface area contributed by atoms with Crippen molar-refractivity contribution in [2.75, 3.05) is 7.05 Å². The summed E-state index contributed by atoms with van der Waals surface area (Å²) in [6.07, 6.45) is 1.01. The van der Waals surface area contributed by atoms with Gasteiger partial charge in [-0.25, -0.2) is 0 Å². The van der Waals surface area contributed by atoms with E-state index < -0.39 is 0 Å². The maximum absolute atomic E-state index is 3.60. The molecule has 0 saturated carbocycles. The Hall–Kier alpha value is -0.160. The minimum absolute atomic E-state index is 0.355. The summed E-state index contributed by atoms with van der Waals surface area (Å²) in [5.74, 6) is 0. The molecule has 0 spiro atoms. The van der Waals surface area contributed by atoms with Gasteiger partial charge in [0.2, 0.25) is 0 Å². The number of halogens is 2. The molecular weight excluding hydrogens is 374 g/mol. The van der Waals surface area contributed by atoms with Crippen LogP contribution in [0.4, 0.5) is 0 Å². The molecule has 0 aliphatic heterocycles. The van der Waals surface area contributed by atoms with Gasteiger partial charge in [0.1, 0.15) is 0 Å². The molecule has 0 saturated heterocycles. The standard InChI is InChI=1S/C14H15Br2NS/c1-9-7-10(15)3-4-11(9)13(17-2)8-14-12(16)5-6-18-14/h3-7,13,17H,8H2,1-2H3. The van der Waals surface area contributed by atoms with E-state index in [1.807, 2.05) is 7.05 Å². The summed E-state index contributed by atoms with van der Waals surface area (Å²) in [6, 6.07) is 8.94. The van der Waals surface area contributed by atoms with Gasteiger partial charge in [-0.05, 0) is 64.6 Å². The molecule has 4 heteroatoms. The van der Waals surface area contributed by atoms with E-state index >= 15 is 0 Å². The molecule has 1 N–H and O–H groups in total. The van der Waals surface area contributed by atoms with E-state index in [-0.39, 0.29) is 0 Å². The second kappa shape index (κ2) is 6.33. The fourth-order valence-electron chi connectivity index (χ4n) is 2.05. The molecule has 2 aromatic rings. The van der Waals surface area contributed by atoms with Gasteiger partial charge in [-0.3, -0.25) is 0 Å². The predicted molar refractivity (Wildman–Crippen MR) is 86.4 cm³/mol. The lowest BCUT2D eigenvalue weighted by Gasteiger charge is -2.18. The van der Waals surface area contributed by atoms with Crippen molar-refractivity contribution in [3.05, 3.63) is 54.6 Å². The molecule has 18 heavy (non-hydrogen) atoms. The van der Waals surface area contributed by atoms with Crippen molar-refractivity contribution in [3.63, 3.8) is 0 Å². The summed E-state index contributed by atoms with van der Waals surface area (Å²) in [5.41, 5.74) is 2.68. The predicted octanol–water partition coefficient (Wildman–Crippen LogP) is 5.08. The summed E-state index contributed by atoms with van der Waals surface area (Å²) in [7, 11) is 2.02. The van der Waals surface area contributed by atoms with Gasteiger partial charge in [-0.15, -0.1) is 11.3 Å². The van der Waals surface area contributed by atoms with Crippen LogP contribution in [0.25, 0.3) is 0 Å². The maximum atomic E-state index is 3.60. The Balaban J connectivity index is 2.26. The molecule has 96 valence electrons. The van der Waals surface area contributed by atoms with Crippen molar-refractivity contribution in [1.82, 2.24) is 5.32 Å². The third kappa shape index (κ3) is 3.23. The first kappa shape index (κ1) is 14.3. The monoisotopic (exact) mass is 387 g/mol. The third-order valence-corrected chi connectivity index (χ3v) is 5.48. The Bertz CT molecular complexity index is 536. The second-order valence-electron chi connectivity index (χ2n) is 4.24. The Kier molecular flexibility index (Phi) is 5.01. The van der Waals surface area contributed by atoms with Gasteiger partial charge in [0.25, 0.3) is 0 Å². The van der Waals surface area contributed by atoms with E-state index in [4.69, 9.17) is 0 Å². The highest BCUT2D eigenvalue weighted by atomic mass is 79.9. The van der Waals surface area contributed by atoms with Crippen molar-refractivity contribution in [2.24, 2.45) is 0 Å². The average molecular weight is 389 g/mol. The number of nitrogens with one attached hydrogen (secondary N) is 1. The highest BCUT2D eigenvalue weighted by Crippen LogP contribution is 2.30. The number of thiophene rings is 1. The first-order chi connectivity index (χ1) is 8.61. The molecule has 0 radical (unpaired) electrons. The maximum Gasteiger partial charge on any atom is 0.0369 e. The molecule has 0 aliphatic rings. The molecule has 1 unspecified atom stereocenters.